The molecule has 2 heterocycles. The Bertz CT molecular complexity index is 1690. The zero-order chi connectivity index (χ0) is 31.4. The summed E-state index contributed by atoms with van der Waals surface area (Å²) in [6.07, 6.45) is 1.53. The monoisotopic (exact) mass is 681 g/mol. The third-order valence-electron chi connectivity index (χ3n) is 6.84. The SMILES string of the molecule is COc1cc(/C=C2/SC(=O)N(CC(=O)Nc3ccc4c(c3)OCCO4)C2=O)ccc1OCC(=O)Nc1ccc(Br)c(C)c1C. The summed E-state index contributed by atoms with van der Waals surface area (Å²) in [5.41, 5.74) is 3.67. The van der Waals surface area contributed by atoms with E-state index in [9.17, 15) is 19.2 Å². The second kappa shape index (κ2) is 13.4. The van der Waals surface area contributed by atoms with E-state index in [0.29, 0.717) is 53.2 Å². The van der Waals surface area contributed by atoms with E-state index in [1.807, 2.05) is 26.0 Å². The number of nitrogens with zero attached hydrogens (tertiary/aromatic N) is 1. The van der Waals surface area contributed by atoms with Gasteiger partial charge in [0.15, 0.2) is 29.6 Å². The van der Waals surface area contributed by atoms with Gasteiger partial charge in [0, 0.05) is 21.9 Å². The molecule has 11 nitrogen and oxygen atoms in total. The average Bonchev–Trinajstić information content (AvgIpc) is 3.27. The second-order valence-electron chi connectivity index (χ2n) is 9.77. The number of benzene rings is 3. The zero-order valence-corrected chi connectivity index (χ0v) is 26.4. The van der Waals surface area contributed by atoms with Crippen LogP contribution in [-0.2, 0) is 14.4 Å². The molecule has 2 N–H and O–H groups in total. The topological polar surface area (TPSA) is 133 Å². The molecule has 3 aromatic rings. The predicted molar refractivity (Wildman–Crippen MR) is 169 cm³/mol. The maximum atomic E-state index is 13.0. The summed E-state index contributed by atoms with van der Waals surface area (Å²) in [5.74, 6) is 0.271. The molecule has 1 fully saturated rings. The molecule has 3 aromatic carbocycles. The van der Waals surface area contributed by atoms with Crippen LogP contribution < -0.4 is 29.6 Å². The minimum absolute atomic E-state index is 0.150. The molecule has 0 saturated carbocycles. The van der Waals surface area contributed by atoms with Gasteiger partial charge >= 0.3 is 0 Å². The molecule has 2 aliphatic heterocycles. The number of carbonyl (C=O) groups is 4. The molecule has 1 saturated heterocycles. The van der Waals surface area contributed by atoms with Crippen molar-refractivity contribution in [1.82, 2.24) is 4.90 Å². The summed E-state index contributed by atoms with van der Waals surface area (Å²) in [4.78, 5) is 51.8. The minimum atomic E-state index is -0.591. The smallest absolute Gasteiger partial charge is 0.294 e. The Morgan fingerprint density at radius 1 is 0.955 bits per heavy atom. The van der Waals surface area contributed by atoms with Crippen molar-refractivity contribution in [2.45, 2.75) is 13.8 Å². The lowest BCUT2D eigenvalue weighted by atomic mass is 10.1. The number of halogens is 1. The number of amides is 4. The first-order valence-corrected chi connectivity index (χ1v) is 15.0. The third kappa shape index (κ3) is 7.00. The lowest BCUT2D eigenvalue weighted by Crippen LogP contribution is -2.36. The van der Waals surface area contributed by atoms with Crippen LogP contribution in [0.15, 0.2) is 57.9 Å². The van der Waals surface area contributed by atoms with Crippen molar-refractivity contribution in [1.29, 1.82) is 0 Å². The number of methoxy groups -OCH3 is 1. The van der Waals surface area contributed by atoms with Crippen LogP contribution in [0.3, 0.4) is 0 Å². The fourth-order valence-corrected chi connectivity index (χ4v) is 5.67. The van der Waals surface area contributed by atoms with Crippen LogP contribution in [-0.4, -0.2) is 61.3 Å². The van der Waals surface area contributed by atoms with Gasteiger partial charge in [0.2, 0.25) is 5.91 Å². The molecular formula is C31H28BrN3O8S. The van der Waals surface area contributed by atoms with Gasteiger partial charge < -0.3 is 29.6 Å². The fraction of sp³-hybridized carbons (Fsp3) is 0.226. The average molecular weight is 683 g/mol. The number of hydrogen-bond donors (Lipinski definition) is 2. The Morgan fingerprint density at radius 3 is 2.50 bits per heavy atom. The molecule has 5 rings (SSSR count). The Hall–Kier alpha value is -4.49. The van der Waals surface area contributed by atoms with Crippen LogP contribution in [0, 0.1) is 13.8 Å². The van der Waals surface area contributed by atoms with Gasteiger partial charge in [0.25, 0.3) is 17.1 Å². The molecule has 0 unspecified atom stereocenters. The highest BCUT2D eigenvalue weighted by atomic mass is 79.9. The summed E-state index contributed by atoms with van der Waals surface area (Å²) >= 11 is 4.21. The molecule has 0 radical (unpaired) electrons. The van der Waals surface area contributed by atoms with Crippen molar-refractivity contribution in [3.05, 3.63) is 74.6 Å². The fourth-order valence-electron chi connectivity index (χ4n) is 4.40. The van der Waals surface area contributed by atoms with E-state index in [2.05, 4.69) is 26.6 Å². The van der Waals surface area contributed by atoms with Gasteiger partial charge in [-0.15, -0.1) is 0 Å². The van der Waals surface area contributed by atoms with Crippen molar-refractivity contribution in [2.75, 3.05) is 44.1 Å². The molecule has 228 valence electrons. The van der Waals surface area contributed by atoms with Crippen molar-refractivity contribution >= 4 is 68.1 Å². The normalized spacial score (nSPS) is 14.9. The quantitative estimate of drug-likeness (QED) is 0.280. The summed E-state index contributed by atoms with van der Waals surface area (Å²) in [6.45, 7) is 4.02. The number of carbonyl (C=O) groups excluding carboxylic acids is 4. The van der Waals surface area contributed by atoms with Gasteiger partial charge in [-0.25, -0.2) is 0 Å². The number of hydrogen-bond acceptors (Lipinski definition) is 9. The number of nitrogens with one attached hydrogen (secondary N) is 2. The molecular weight excluding hydrogens is 654 g/mol. The molecule has 0 spiro atoms. The highest BCUT2D eigenvalue weighted by Gasteiger charge is 2.36. The van der Waals surface area contributed by atoms with Gasteiger partial charge in [-0.3, -0.25) is 24.1 Å². The highest BCUT2D eigenvalue weighted by molar-refractivity contribution is 9.10. The summed E-state index contributed by atoms with van der Waals surface area (Å²) in [5, 5.41) is 4.96. The van der Waals surface area contributed by atoms with Crippen LogP contribution in [0.4, 0.5) is 16.2 Å². The molecule has 44 heavy (non-hydrogen) atoms. The van der Waals surface area contributed by atoms with Gasteiger partial charge in [-0.05, 0) is 84.8 Å². The largest absolute Gasteiger partial charge is 0.493 e. The van der Waals surface area contributed by atoms with Gasteiger partial charge in [-0.2, -0.15) is 0 Å². The van der Waals surface area contributed by atoms with Crippen LogP contribution in [0.2, 0.25) is 0 Å². The first-order chi connectivity index (χ1) is 21.1. The van der Waals surface area contributed by atoms with E-state index in [-0.39, 0.29) is 17.4 Å². The van der Waals surface area contributed by atoms with Gasteiger partial charge in [0.1, 0.15) is 19.8 Å². The first-order valence-electron chi connectivity index (χ1n) is 13.4. The van der Waals surface area contributed by atoms with Crippen molar-refractivity contribution in [3.8, 4) is 23.0 Å². The van der Waals surface area contributed by atoms with E-state index in [1.54, 1.807) is 36.4 Å². The molecule has 0 aliphatic carbocycles. The third-order valence-corrected chi connectivity index (χ3v) is 8.61. The van der Waals surface area contributed by atoms with Gasteiger partial charge in [0.05, 0.1) is 12.0 Å². The maximum absolute atomic E-state index is 13.0. The summed E-state index contributed by atoms with van der Waals surface area (Å²) in [7, 11) is 1.45. The number of anilines is 2. The van der Waals surface area contributed by atoms with E-state index in [1.165, 1.54) is 13.2 Å². The van der Waals surface area contributed by atoms with E-state index < -0.39 is 23.6 Å². The van der Waals surface area contributed by atoms with Crippen molar-refractivity contribution in [3.63, 3.8) is 0 Å². The Kier molecular flexibility index (Phi) is 9.45. The molecule has 0 aromatic heterocycles. The highest BCUT2D eigenvalue weighted by Crippen LogP contribution is 2.35. The van der Waals surface area contributed by atoms with Crippen LogP contribution >= 0.6 is 27.7 Å². The maximum Gasteiger partial charge on any atom is 0.294 e. The zero-order valence-electron chi connectivity index (χ0n) is 24.0. The van der Waals surface area contributed by atoms with Crippen LogP contribution in [0.1, 0.15) is 16.7 Å². The minimum Gasteiger partial charge on any atom is -0.493 e. The Labute approximate surface area is 266 Å². The van der Waals surface area contributed by atoms with E-state index in [0.717, 1.165) is 32.3 Å². The Morgan fingerprint density at radius 2 is 1.73 bits per heavy atom. The Balaban J connectivity index is 1.19. The molecule has 13 heteroatoms. The lowest BCUT2D eigenvalue weighted by molar-refractivity contribution is -0.127. The first kappa shape index (κ1) is 31.0. The number of thioether (sulfide) groups is 1. The molecule has 4 amide bonds. The standard InChI is InChI=1S/C31H28BrN3O8S/c1-17-18(2)22(7-6-21(17)32)34-29(37)16-43-23-8-4-19(12-25(23)40-3)13-27-30(38)35(31(39)44-27)15-28(36)33-20-5-9-24-26(14-20)42-11-10-41-24/h4-9,12-14H,10-11,15-16H2,1-3H3,(H,33,36)(H,34,37)/b27-13+. The van der Waals surface area contributed by atoms with Crippen LogP contribution in [0.5, 0.6) is 23.0 Å². The number of ether oxygens (including phenoxy) is 4. The van der Waals surface area contributed by atoms with Crippen molar-refractivity contribution in [2.24, 2.45) is 0 Å². The molecule has 0 atom stereocenters. The lowest BCUT2D eigenvalue weighted by Gasteiger charge is -2.19. The number of fused-ring (bicyclic) bond motifs is 1. The van der Waals surface area contributed by atoms with E-state index in [4.69, 9.17) is 18.9 Å². The van der Waals surface area contributed by atoms with Crippen molar-refractivity contribution < 1.29 is 38.1 Å². The summed E-state index contributed by atoms with van der Waals surface area (Å²) < 4.78 is 23.1. The number of imide groups is 1. The predicted octanol–water partition coefficient (Wildman–Crippen LogP) is 5.54. The molecule has 2 aliphatic rings. The summed E-state index contributed by atoms with van der Waals surface area (Å²) in [6, 6.07) is 13.5. The van der Waals surface area contributed by atoms with E-state index >= 15 is 0 Å². The van der Waals surface area contributed by atoms with Gasteiger partial charge in [-0.1, -0.05) is 22.0 Å². The number of rotatable bonds is 9. The molecule has 0 bridgehead atoms. The van der Waals surface area contributed by atoms with Crippen LogP contribution in [0.25, 0.3) is 6.08 Å². The second-order valence-corrected chi connectivity index (χ2v) is 11.6.